The Balaban J connectivity index is 1.84. The number of nitrogens with one attached hydrogen (secondary N) is 1. The Bertz CT molecular complexity index is 1480. The first-order chi connectivity index (χ1) is 16.5. The Kier molecular flexibility index (Phi) is 6.64. The van der Waals surface area contributed by atoms with E-state index in [4.69, 9.17) is 5.73 Å². The van der Waals surface area contributed by atoms with Gasteiger partial charge in [0.25, 0.3) is 0 Å². The van der Waals surface area contributed by atoms with E-state index in [0.29, 0.717) is 33.4 Å². The Hall–Kier alpha value is -3.70. The molecule has 0 spiro atoms. The zero-order valence-electron chi connectivity index (χ0n) is 19.0. The number of hydrogen-bond donors (Lipinski definition) is 2. The summed E-state index contributed by atoms with van der Waals surface area (Å²) in [5.41, 5.74) is 8.76. The van der Waals surface area contributed by atoms with Crippen LogP contribution in [0.15, 0.2) is 59.6 Å². The van der Waals surface area contributed by atoms with Gasteiger partial charge in [0.05, 0.1) is 22.3 Å². The normalized spacial score (nSPS) is 12.8. The van der Waals surface area contributed by atoms with Gasteiger partial charge in [0, 0.05) is 38.1 Å². The lowest BCUT2D eigenvalue weighted by molar-refractivity contribution is -0.118. The molecule has 11 heteroatoms. The second kappa shape index (κ2) is 9.51. The molecular formula is C24H23F2N5O3S. The summed E-state index contributed by atoms with van der Waals surface area (Å²) in [6.07, 6.45) is 1.52. The highest BCUT2D eigenvalue weighted by atomic mass is 32.2. The van der Waals surface area contributed by atoms with Gasteiger partial charge in [0.2, 0.25) is 15.9 Å². The maximum Gasteiger partial charge on any atom is 0.242 e. The number of hydrogen-bond acceptors (Lipinski definition) is 5. The van der Waals surface area contributed by atoms with E-state index in [2.05, 4.69) is 15.2 Å². The van der Waals surface area contributed by atoms with Crippen LogP contribution in [0.2, 0.25) is 0 Å². The molecule has 1 atom stereocenters. The van der Waals surface area contributed by atoms with E-state index in [1.54, 1.807) is 18.2 Å². The molecule has 4 rings (SSSR count). The lowest BCUT2D eigenvalue weighted by Gasteiger charge is -2.20. The van der Waals surface area contributed by atoms with Gasteiger partial charge in [-0.2, -0.15) is 5.10 Å². The molecule has 1 amide bonds. The minimum atomic E-state index is -3.62. The summed E-state index contributed by atoms with van der Waals surface area (Å²) in [5.74, 6) is -2.66. The van der Waals surface area contributed by atoms with Crippen molar-refractivity contribution in [2.24, 2.45) is 5.73 Å². The fourth-order valence-corrected chi connectivity index (χ4v) is 4.88. The molecule has 0 aliphatic carbocycles. The monoisotopic (exact) mass is 499 g/mol. The molecule has 0 bridgehead atoms. The van der Waals surface area contributed by atoms with Crippen LogP contribution < -0.4 is 5.73 Å². The van der Waals surface area contributed by atoms with Crippen LogP contribution in [0.25, 0.3) is 22.2 Å². The minimum Gasteiger partial charge on any atom is -0.370 e. The van der Waals surface area contributed by atoms with Crippen LogP contribution in [0.4, 0.5) is 8.78 Å². The summed E-state index contributed by atoms with van der Waals surface area (Å²) >= 11 is 0. The Labute approximate surface area is 200 Å². The van der Waals surface area contributed by atoms with Crippen LogP contribution in [0.5, 0.6) is 0 Å². The van der Waals surface area contributed by atoms with Gasteiger partial charge >= 0.3 is 0 Å². The van der Waals surface area contributed by atoms with E-state index in [0.717, 1.165) is 10.4 Å². The van der Waals surface area contributed by atoms with E-state index in [1.807, 2.05) is 0 Å². The van der Waals surface area contributed by atoms with E-state index < -0.39 is 33.5 Å². The van der Waals surface area contributed by atoms with Crippen LogP contribution in [0.1, 0.15) is 23.6 Å². The Morgan fingerprint density at radius 1 is 1.09 bits per heavy atom. The van der Waals surface area contributed by atoms with E-state index >= 15 is 0 Å². The molecule has 3 N–H and O–H groups in total. The van der Waals surface area contributed by atoms with Gasteiger partial charge in [-0.1, -0.05) is 12.1 Å². The number of primary amides is 1. The van der Waals surface area contributed by atoms with Crippen molar-refractivity contribution in [3.05, 3.63) is 77.6 Å². The van der Waals surface area contributed by atoms with E-state index in [1.165, 1.54) is 44.6 Å². The summed E-state index contributed by atoms with van der Waals surface area (Å²) < 4.78 is 53.7. The van der Waals surface area contributed by atoms with Gasteiger partial charge in [-0.25, -0.2) is 26.5 Å². The number of aromatic nitrogens is 3. The van der Waals surface area contributed by atoms with Crippen molar-refractivity contribution in [1.29, 1.82) is 0 Å². The number of H-pyrrole nitrogens is 1. The van der Waals surface area contributed by atoms with Gasteiger partial charge in [0.15, 0.2) is 0 Å². The molecule has 0 saturated heterocycles. The molecule has 35 heavy (non-hydrogen) atoms. The minimum absolute atomic E-state index is 0.105. The number of amides is 1. The lowest BCUT2D eigenvalue weighted by atomic mass is 9.87. The third-order valence-electron chi connectivity index (χ3n) is 5.64. The van der Waals surface area contributed by atoms with Crippen molar-refractivity contribution >= 4 is 27.0 Å². The number of halogens is 2. The van der Waals surface area contributed by atoms with Crippen LogP contribution in [-0.2, 0) is 21.2 Å². The predicted molar refractivity (Wildman–Crippen MR) is 127 cm³/mol. The number of sulfonamides is 1. The number of pyridine rings is 1. The zero-order valence-corrected chi connectivity index (χ0v) is 19.8. The first-order valence-electron chi connectivity index (χ1n) is 10.6. The highest BCUT2D eigenvalue weighted by Gasteiger charge is 2.24. The number of benzene rings is 2. The van der Waals surface area contributed by atoms with Gasteiger partial charge in [-0.3, -0.25) is 9.89 Å². The smallest absolute Gasteiger partial charge is 0.242 e. The maximum atomic E-state index is 13.8. The third-order valence-corrected chi connectivity index (χ3v) is 7.47. The number of fused-ring (bicyclic) bond motifs is 1. The van der Waals surface area contributed by atoms with Gasteiger partial charge < -0.3 is 5.73 Å². The number of aromatic amines is 1. The van der Waals surface area contributed by atoms with Crippen molar-refractivity contribution in [2.45, 2.75) is 23.7 Å². The number of carbonyl (C=O) groups excluding carboxylic acids is 1. The average Bonchev–Trinajstić information content (AvgIpc) is 3.24. The second-order valence-corrected chi connectivity index (χ2v) is 10.5. The van der Waals surface area contributed by atoms with Gasteiger partial charge in [0.1, 0.15) is 17.2 Å². The molecule has 8 nitrogen and oxygen atoms in total. The van der Waals surface area contributed by atoms with Crippen molar-refractivity contribution in [1.82, 2.24) is 19.5 Å². The zero-order chi connectivity index (χ0) is 25.3. The van der Waals surface area contributed by atoms with E-state index in [-0.39, 0.29) is 17.7 Å². The number of rotatable bonds is 8. The molecule has 2 aromatic heterocycles. The molecule has 0 radical (unpaired) electrons. The lowest BCUT2D eigenvalue weighted by Crippen LogP contribution is -2.22. The molecule has 0 saturated carbocycles. The Morgan fingerprint density at radius 3 is 2.34 bits per heavy atom. The van der Waals surface area contributed by atoms with Gasteiger partial charge in [-0.15, -0.1) is 0 Å². The van der Waals surface area contributed by atoms with Crippen molar-refractivity contribution in [3.63, 3.8) is 0 Å². The summed E-state index contributed by atoms with van der Waals surface area (Å²) in [4.78, 5) is 16.8. The fourth-order valence-electron chi connectivity index (χ4n) is 3.97. The number of nitrogens with zero attached hydrogens (tertiary/aromatic N) is 3. The number of nitrogens with two attached hydrogens (primary N) is 1. The molecular weight excluding hydrogens is 476 g/mol. The molecule has 0 aliphatic heterocycles. The standard InChI is InChI=1S/C24H23F2N5O3S/c1-31(2)35(33,34)19-5-3-15(4-6-19)20-12-21-22(13-28-30-21)29-24(20)16(10-23(27)32)7-14-8-17(25)11-18(26)9-14/h3-6,8-9,11-13,16H,7,10H2,1-2H3,(H2,27,32)(H,28,30)/t16-/m0/s1. The van der Waals surface area contributed by atoms with Crippen molar-refractivity contribution < 1.29 is 22.0 Å². The molecule has 2 aromatic carbocycles. The summed E-state index contributed by atoms with van der Waals surface area (Å²) in [6, 6.07) is 11.2. The SMILES string of the molecule is CN(C)S(=O)(=O)c1ccc(-c2cc3[nH]ncc3nc2[C@H](CC(N)=O)Cc2cc(F)cc(F)c2)cc1. The van der Waals surface area contributed by atoms with Crippen molar-refractivity contribution in [3.8, 4) is 11.1 Å². The van der Waals surface area contributed by atoms with Crippen molar-refractivity contribution in [2.75, 3.05) is 14.1 Å². The molecule has 0 aliphatic rings. The predicted octanol–water partition coefficient (Wildman–Crippen LogP) is 3.36. The second-order valence-electron chi connectivity index (χ2n) is 8.38. The highest BCUT2D eigenvalue weighted by molar-refractivity contribution is 7.89. The summed E-state index contributed by atoms with van der Waals surface area (Å²) in [6.45, 7) is 0. The van der Waals surface area contributed by atoms with Crippen LogP contribution >= 0.6 is 0 Å². The van der Waals surface area contributed by atoms with Crippen LogP contribution in [-0.4, -0.2) is 47.9 Å². The average molecular weight is 500 g/mol. The van der Waals surface area contributed by atoms with Gasteiger partial charge in [-0.05, 0) is 47.9 Å². The summed E-state index contributed by atoms with van der Waals surface area (Å²) in [5, 5.41) is 6.85. The first kappa shape index (κ1) is 24.4. The first-order valence-corrected chi connectivity index (χ1v) is 12.1. The molecule has 0 unspecified atom stereocenters. The van der Waals surface area contributed by atoms with Crippen LogP contribution in [0, 0.1) is 11.6 Å². The van der Waals surface area contributed by atoms with E-state index in [9.17, 15) is 22.0 Å². The third kappa shape index (κ3) is 5.20. The Morgan fingerprint density at radius 2 is 1.74 bits per heavy atom. The molecule has 0 fully saturated rings. The largest absolute Gasteiger partial charge is 0.370 e. The topological polar surface area (TPSA) is 122 Å². The summed E-state index contributed by atoms with van der Waals surface area (Å²) in [7, 11) is -0.732. The highest BCUT2D eigenvalue weighted by Crippen LogP contribution is 2.35. The fraction of sp³-hybridized carbons (Fsp3) is 0.208. The maximum absolute atomic E-state index is 13.8. The quantitative estimate of drug-likeness (QED) is 0.385. The molecule has 182 valence electrons. The van der Waals surface area contributed by atoms with Crippen LogP contribution in [0.3, 0.4) is 0 Å². The molecule has 4 aromatic rings. The molecule has 2 heterocycles. The number of carbonyl (C=O) groups is 1.